The third kappa shape index (κ3) is 2.56. The molecule has 66 valence electrons. The Kier molecular flexibility index (Phi) is 3.19. The van der Waals surface area contributed by atoms with Gasteiger partial charge in [0.05, 0.1) is 5.97 Å². The number of carboxylic acids is 2. The number of hydrogen-bond donors (Lipinski definition) is 1. The highest BCUT2D eigenvalue weighted by Crippen LogP contribution is 2.09. The van der Waals surface area contributed by atoms with E-state index < -0.39 is 30.4 Å². The van der Waals surface area contributed by atoms with Crippen LogP contribution in [0.2, 0.25) is 0 Å². The van der Waals surface area contributed by atoms with Crippen molar-refractivity contribution in [1.29, 1.82) is 5.26 Å². The Balaban J connectivity index is 4.28. The number of rotatable bonds is 4. The quantitative estimate of drug-likeness (QED) is 0.438. The molecule has 1 unspecified atom stereocenters. The fraction of sp³-hybridized carbons (Fsp3) is 0.500. The molecule has 6 heteroatoms. The largest absolute Gasteiger partial charge is 0.550 e. The summed E-state index contributed by atoms with van der Waals surface area (Å²) in [6.07, 6.45) is -1.45. The van der Waals surface area contributed by atoms with E-state index in [-0.39, 0.29) is 0 Å². The lowest BCUT2D eigenvalue weighted by Gasteiger charge is -2.20. The molecule has 0 aromatic carbocycles. The van der Waals surface area contributed by atoms with Crippen LogP contribution in [0.1, 0.15) is 12.8 Å². The minimum atomic E-state index is -2.74. The average molecular weight is 171 g/mol. The van der Waals surface area contributed by atoms with E-state index in [1.54, 1.807) is 0 Å². The summed E-state index contributed by atoms with van der Waals surface area (Å²) < 4.78 is 0. The van der Waals surface area contributed by atoms with Crippen molar-refractivity contribution in [3.8, 4) is 6.07 Å². The van der Waals surface area contributed by atoms with Crippen molar-refractivity contribution in [1.82, 2.24) is 0 Å². The number of hydrogen-bond acceptors (Lipinski definition) is 6. The molecule has 0 aliphatic heterocycles. The summed E-state index contributed by atoms with van der Waals surface area (Å²) in [5.41, 5.74) is -2.74. The van der Waals surface area contributed by atoms with Crippen molar-refractivity contribution >= 4 is 11.9 Å². The molecule has 0 amide bonds. The Bertz CT molecular complexity index is 243. The maximum Gasteiger partial charge on any atom is 0.191 e. The van der Waals surface area contributed by atoms with Gasteiger partial charge in [-0.25, -0.2) is 0 Å². The number of aliphatic carboxylic acids is 2. The maximum absolute atomic E-state index is 10.1. The summed E-state index contributed by atoms with van der Waals surface area (Å²) in [6, 6.07) is 1.04. The minimum Gasteiger partial charge on any atom is -0.550 e. The van der Waals surface area contributed by atoms with Gasteiger partial charge in [-0.15, -0.1) is 0 Å². The fourth-order valence-corrected chi connectivity index (χ4v) is 0.487. The summed E-state index contributed by atoms with van der Waals surface area (Å²) >= 11 is 0. The lowest BCUT2D eigenvalue weighted by Crippen LogP contribution is -2.48. The lowest BCUT2D eigenvalue weighted by atomic mass is 10.0. The summed E-state index contributed by atoms with van der Waals surface area (Å²) in [4.78, 5) is 19.9. The van der Waals surface area contributed by atoms with E-state index in [9.17, 15) is 19.8 Å². The number of nitriles is 1. The molecule has 0 fully saturated rings. The molecule has 1 atom stereocenters. The second kappa shape index (κ2) is 3.69. The normalized spacial score (nSPS) is 14.3. The van der Waals surface area contributed by atoms with Crippen molar-refractivity contribution < 1.29 is 24.9 Å². The summed E-state index contributed by atoms with van der Waals surface area (Å²) in [7, 11) is 0. The molecule has 0 aromatic rings. The van der Waals surface area contributed by atoms with Gasteiger partial charge in [0, 0.05) is 12.4 Å². The van der Waals surface area contributed by atoms with Gasteiger partial charge in [0.15, 0.2) is 5.60 Å². The summed E-state index contributed by atoms with van der Waals surface area (Å²) in [6.45, 7) is 0. The van der Waals surface area contributed by atoms with Gasteiger partial charge in [0.25, 0.3) is 0 Å². The zero-order valence-corrected chi connectivity index (χ0v) is 5.94. The SMILES string of the molecule is N#CC(O)(CCC(=O)[O-])C(=O)[O-]. The molecule has 0 spiro atoms. The zero-order chi connectivity index (χ0) is 9.78. The number of nitrogens with zero attached hydrogens (tertiary/aromatic N) is 1. The molecule has 0 bridgehead atoms. The smallest absolute Gasteiger partial charge is 0.191 e. The van der Waals surface area contributed by atoms with E-state index in [1.807, 2.05) is 0 Å². The molecule has 0 heterocycles. The maximum atomic E-state index is 10.1. The van der Waals surface area contributed by atoms with Crippen LogP contribution in [0.15, 0.2) is 0 Å². The third-order valence-electron chi connectivity index (χ3n) is 1.21. The van der Waals surface area contributed by atoms with Gasteiger partial charge in [-0.2, -0.15) is 5.26 Å². The van der Waals surface area contributed by atoms with Crippen molar-refractivity contribution in [2.75, 3.05) is 0 Å². The van der Waals surface area contributed by atoms with E-state index in [0.29, 0.717) is 0 Å². The Morgan fingerprint density at radius 3 is 2.25 bits per heavy atom. The molecule has 0 rings (SSSR count). The molecular weight excluding hydrogens is 166 g/mol. The predicted molar refractivity (Wildman–Crippen MR) is 29.8 cm³/mol. The summed E-state index contributed by atoms with van der Waals surface area (Å²) in [5, 5.41) is 36.9. The molecule has 0 radical (unpaired) electrons. The van der Waals surface area contributed by atoms with Crippen molar-refractivity contribution in [2.45, 2.75) is 18.4 Å². The first-order valence-electron chi connectivity index (χ1n) is 2.97. The van der Waals surface area contributed by atoms with Gasteiger partial charge >= 0.3 is 0 Å². The number of carbonyl (C=O) groups is 2. The van der Waals surface area contributed by atoms with Gasteiger partial charge in [0.2, 0.25) is 0 Å². The van der Waals surface area contributed by atoms with E-state index in [4.69, 9.17) is 10.4 Å². The van der Waals surface area contributed by atoms with E-state index in [0.717, 1.165) is 6.07 Å². The van der Waals surface area contributed by atoms with Gasteiger partial charge in [-0.3, -0.25) is 0 Å². The Labute approximate surface area is 67.7 Å². The van der Waals surface area contributed by atoms with Gasteiger partial charge in [-0.05, 0) is 6.42 Å². The second-order valence-corrected chi connectivity index (χ2v) is 2.13. The number of carboxylic acid groups (broad SMARTS) is 2. The van der Waals surface area contributed by atoms with Gasteiger partial charge < -0.3 is 24.9 Å². The molecule has 6 nitrogen and oxygen atoms in total. The third-order valence-corrected chi connectivity index (χ3v) is 1.21. The van der Waals surface area contributed by atoms with E-state index in [1.165, 1.54) is 0 Å². The molecule has 0 saturated carbocycles. The monoisotopic (exact) mass is 171 g/mol. The van der Waals surface area contributed by atoms with Crippen LogP contribution in [0.25, 0.3) is 0 Å². The molecule has 0 saturated heterocycles. The van der Waals surface area contributed by atoms with Crippen LogP contribution in [0.4, 0.5) is 0 Å². The highest BCUT2D eigenvalue weighted by molar-refractivity contribution is 5.79. The zero-order valence-electron chi connectivity index (χ0n) is 5.94. The molecule has 0 aliphatic carbocycles. The molecule has 1 N–H and O–H groups in total. The van der Waals surface area contributed by atoms with Gasteiger partial charge in [0.1, 0.15) is 6.07 Å². The Hall–Kier alpha value is -1.61. The number of aliphatic hydroxyl groups is 1. The van der Waals surface area contributed by atoms with Crippen LogP contribution < -0.4 is 10.2 Å². The molecule has 12 heavy (non-hydrogen) atoms. The first-order chi connectivity index (χ1) is 5.42. The highest BCUT2D eigenvalue weighted by atomic mass is 16.4. The van der Waals surface area contributed by atoms with Crippen LogP contribution in [0.5, 0.6) is 0 Å². The van der Waals surface area contributed by atoms with Crippen LogP contribution >= 0.6 is 0 Å². The average Bonchev–Trinajstić information content (AvgIpc) is 1.99. The first-order valence-corrected chi connectivity index (χ1v) is 2.97. The van der Waals surface area contributed by atoms with E-state index in [2.05, 4.69) is 0 Å². The first kappa shape index (κ1) is 10.4. The predicted octanol–water partition coefficient (Wildman–Crippen LogP) is -3.48. The highest BCUT2D eigenvalue weighted by Gasteiger charge is 2.27. The lowest BCUT2D eigenvalue weighted by molar-refractivity contribution is -0.321. The molecule has 0 aromatic heterocycles. The number of carbonyl (C=O) groups excluding carboxylic acids is 2. The second-order valence-electron chi connectivity index (χ2n) is 2.13. The van der Waals surface area contributed by atoms with E-state index >= 15 is 0 Å². The van der Waals surface area contributed by atoms with Crippen LogP contribution in [0.3, 0.4) is 0 Å². The van der Waals surface area contributed by atoms with Crippen molar-refractivity contribution in [3.05, 3.63) is 0 Å². The standard InChI is InChI=1S/C6H7NO5/c7-3-6(12,5(10)11)2-1-4(8)9/h12H,1-2H2,(H,8,9)(H,10,11)/p-2. The van der Waals surface area contributed by atoms with Crippen molar-refractivity contribution in [3.63, 3.8) is 0 Å². The molecule has 0 aliphatic rings. The van der Waals surface area contributed by atoms with Crippen LogP contribution in [0, 0.1) is 11.3 Å². The van der Waals surface area contributed by atoms with Crippen molar-refractivity contribution in [2.24, 2.45) is 0 Å². The fourth-order valence-electron chi connectivity index (χ4n) is 0.487. The topological polar surface area (TPSA) is 124 Å². The summed E-state index contributed by atoms with van der Waals surface area (Å²) in [5.74, 6) is -3.55. The Morgan fingerprint density at radius 1 is 1.50 bits per heavy atom. The van der Waals surface area contributed by atoms with Gasteiger partial charge in [-0.1, -0.05) is 0 Å². The van der Waals surface area contributed by atoms with Crippen LogP contribution in [-0.2, 0) is 9.59 Å². The Morgan fingerprint density at radius 2 is 2.00 bits per heavy atom. The van der Waals surface area contributed by atoms with Crippen LogP contribution in [-0.4, -0.2) is 22.6 Å². The molecular formula is C6H5NO5-2. The minimum absolute atomic E-state index is 0.710.